The first-order valence-corrected chi connectivity index (χ1v) is 7.77. The first-order valence-electron chi connectivity index (χ1n) is 7.77. The lowest BCUT2D eigenvalue weighted by Crippen LogP contribution is -2.39. The summed E-state index contributed by atoms with van der Waals surface area (Å²) >= 11 is 0. The Hall–Kier alpha value is -2.17. The third kappa shape index (κ3) is 3.18. The van der Waals surface area contributed by atoms with Crippen LogP contribution in [0, 0.1) is 12.8 Å². The molecule has 1 amide bonds. The molecular formula is C17H21N3O2. The predicted octanol–water partition coefficient (Wildman–Crippen LogP) is 2.85. The molecule has 0 N–H and O–H groups in total. The van der Waals surface area contributed by atoms with Crippen molar-refractivity contribution in [1.29, 1.82) is 0 Å². The Labute approximate surface area is 130 Å². The molecule has 5 heteroatoms. The highest BCUT2D eigenvalue weighted by atomic mass is 16.5. The summed E-state index contributed by atoms with van der Waals surface area (Å²) in [7, 11) is 0. The summed E-state index contributed by atoms with van der Waals surface area (Å²) < 4.78 is 5.41. The number of carbonyl (C=O) groups is 1. The number of hydrogen-bond donors (Lipinski definition) is 0. The molecule has 1 fully saturated rings. The second-order valence-electron chi connectivity index (χ2n) is 6.00. The number of benzene rings is 1. The second-order valence-corrected chi connectivity index (χ2v) is 6.00. The predicted molar refractivity (Wildman–Crippen MR) is 83.2 cm³/mol. The van der Waals surface area contributed by atoms with E-state index < -0.39 is 0 Å². The lowest BCUT2D eigenvalue weighted by atomic mass is 9.95. The Morgan fingerprint density at radius 2 is 2.23 bits per heavy atom. The van der Waals surface area contributed by atoms with Crippen LogP contribution in [0.25, 0.3) is 11.4 Å². The highest BCUT2D eigenvalue weighted by Gasteiger charge is 2.23. The zero-order valence-corrected chi connectivity index (χ0v) is 13.1. The van der Waals surface area contributed by atoms with Crippen molar-refractivity contribution >= 4 is 5.91 Å². The molecule has 1 aliphatic rings. The molecule has 0 aliphatic carbocycles. The van der Waals surface area contributed by atoms with Crippen LogP contribution in [0.4, 0.5) is 0 Å². The number of amides is 1. The Balaban J connectivity index is 1.70. The maximum absolute atomic E-state index is 11.5. The standard InChI is InChI=1S/C17H21N3O2/c1-12-6-3-4-8-15(12)17-18-16(22-19-17)10-14-7-5-9-20(11-14)13(2)21/h3-4,6,8,14H,5,7,9-11H2,1-2H3. The number of aromatic nitrogens is 2. The summed E-state index contributed by atoms with van der Waals surface area (Å²) in [6.45, 7) is 5.32. The smallest absolute Gasteiger partial charge is 0.227 e. The molecule has 2 heterocycles. The zero-order chi connectivity index (χ0) is 15.5. The van der Waals surface area contributed by atoms with E-state index in [1.54, 1.807) is 6.92 Å². The molecule has 22 heavy (non-hydrogen) atoms. The molecule has 2 aromatic rings. The average Bonchev–Trinajstić information content (AvgIpc) is 2.96. The van der Waals surface area contributed by atoms with E-state index >= 15 is 0 Å². The highest BCUT2D eigenvalue weighted by molar-refractivity contribution is 5.73. The number of aryl methyl sites for hydroxylation is 1. The minimum atomic E-state index is 0.149. The Bertz CT molecular complexity index is 665. The molecule has 1 aromatic heterocycles. The van der Waals surface area contributed by atoms with Crippen molar-refractivity contribution in [2.24, 2.45) is 5.92 Å². The SMILES string of the molecule is CC(=O)N1CCCC(Cc2nc(-c3ccccc3C)no2)C1. The lowest BCUT2D eigenvalue weighted by molar-refractivity contribution is -0.130. The summed E-state index contributed by atoms with van der Waals surface area (Å²) in [6, 6.07) is 8.02. The molecule has 3 rings (SSSR count). The lowest BCUT2D eigenvalue weighted by Gasteiger charge is -2.31. The number of nitrogens with zero attached hydrogens (tertiary/aromatic N) is 3. The number of likely N-dealkylation sites (tertiary alicyclic amines) is 1. The van der Waals surface area contributed by atoms with Gasteiger partial charge in [0.25, 0.3) is 0 Å². The summed E-state index contributed by atoms with van der Waals surface area (Å²) in [5, 5.41) is 4.10. The minimum absolute atomic E-state index is 0.149. The minimum Gasteiger partial charge on any atom is -0.343 e. The molecule has 5 nitrogen and oxygen atoms in total. The first-order chi connectivity index (χ1) is 10.6. The van der Waals surface area contributed by atoms with Gasteiger partial charge in [0.1, 0.15) is 0 Å². The Morgan fingerprint density at radius 1 is 1.41 bits per heavy atom. The van der Waals surface area contributed by atoms with Crippen molar-refractivity contribution < 1.29 is 9.32 Å². The van der Waals surface area contributed by atoms with Gasteiger partial charge in [-0.3, -0.25) is 4.79 Å². The van der Waals surface area contributed by atoms with Crippen LogP contribution in [-0.4, -0.2) is 34.0 Å². The molecule has 1 aliphatic heterocycles. The highest BCUT2D eigenvalue weighted by Crippen LogP contribution is 2.23. The summed E-state index contributed by atoms with van der Waals surface area (Å²) in [5.41, 5.74) is 2.14. The quantitative estimate of drug-likeness (QED) is 0.874. The van der Waals surface area contributed by atoms with Crippen LogP contribution in [0.1, 0.15) is 31.2 Å². The van der Waals surface area contributed by atoms with Crippen molar-refractivity contribution in [3.05, 3.63) is 35.7 Å². The van der Waals surface area contributed by atoms with Crippen molar-refractivity contribution in [2.75, 3.05) is 13.1 Å². The molecule has 0 radical (unpaired) electrons. The third-order valence-corrected chi connectivity index (χ3v) is 4.28. The van der Waals surface area contributed by atoms with Crippen molar-refractivity contribution in [2.45, 2.75) is 33.1 Å². The molecule has 0 spiro atoms. The molecule has 116 valence electrons. The normalized spacial score (nSPS) is 18.5. The van der Waals surface area contributed by atoms with Gasteiger partial charge in [-0.15, -0.1) is 0 Å². The summed E-state index contributed by atoms with van der Waals surface area (Å²) in [4.78, 5) is 17.9. The van der Waals surface area contributed by atoms with Crippen LogP contribution in [0.15, 0.2) is 28.8 Å². The van der Waals surface area contributed by atoms with Gasteiger partial charge in [0.15, 0.2) is 0 Å². The molecule has 1 unspecified atom stereocenters. The van der Waals surface area contributed by atoms with Crippen molar-refractivity contribution in [3.63, 3.8) is 0 Å². The van der Waals surface area contributed by atoms with Gasteiger partial charge >= 0.3 is 0 Å². The van der Waals surface area contributed by atoms with Crippen LogP contribution < -0.4 is 0 Å². The third-order valence-electron chi connectivity index (χ3n) is 4.28. The molecule has 1 aromatic carbocycles. The van der Waals surface area contributed by atoms with Gasteiger partial charge in [0.2, 0.25) is 17.6 Å². The number of piperidine rings is 1. The van der Waals surface area contributed by atoms with E-state index in [2.05, 4.69) is 10.1 Å². The van der Waals surface area contributed by atoms with Gasteiger partial charge in [-0.25, -0.2) is 0 Å². The number of carbonyl (C=O) groups excluding carboxylic acids is 1. The summed E-state index contributed by atoms with van der Waals surface area (Å²) in [5.74, 6) is 1.86. The van der Waals surface area contributed by atoms with E-state index in [1.807, 2.05) is 36.1 Å². The van der Waals surface area contributed by atoms with Crippen molar-refractivity contribution in [1.82, 2.24) is 15.0 Å². The largest absolute Gasteiger partial charge is 0.343 e. The first kappa shape index (κ1) is 14.8. The molecule has 0 bridgehead atoms. The maximum atomic E-state index is 11.5. The van der Waals surface area contributed by atoms with E-state index in [-0.39, 0.29) is 5.91 Å². The molecular weight excluding hydrogens is 278 g/mol. The van der Waals surface area contributed by atoms with Gasteiger partial charge in [-0.2, -0.15) is 4.98 Å². The molecule has 0 saturated carbocycles. The van der Waals surface area contributed by atoms with E-state index in [4.69, 9.17) is 4.52 Å². The number of hydrogen-bond acceptors (Lipinski definition) is 4. The van der Waals surface area contributed by atoms with E-state index in [0.717, 1.165) is 43.5 Å². The van der Waals surface area contributed by atoms with Crippen LogP contribution in [0.5, 0.6) is 0 Å². The van der Waals surface area contributed by atoms with Gasteiger partial charge in [-0.1, -0.05) is 29.4 Å². The monoisotopic (exact) mass is 299 g/mol. The molecule has 1 saturated heterocycles. The fraction of sp³-hybridized carbons (Fsp3) is 0.471. The van der Waals surface area contributed by atoms with Gasteiger partial charge in [0.05, 0.1) is 0 Å². The van der Waals surface area contributed by atoms with E-state index in [9.17, 15) is 4.79 Å². The van der Waals surface area contributed by atoms with Crippen LogP contribution >= 0.6 is 0 Å². The Kier molecular flexibility index (Phi) is 4.22. The summed E-state index contributed by atoms with van der Waals surface area (Å²) in [6.07, 6.45) is 2.89. The maximum Gasteiger partial charge on any atom is 0.227 e. The Morgan fingerprint density at radius 3 is 3.00 bits per heavy atom. The van der Waals surface area contributed by atoms with Gasteiger partial charge in [0, 0.05) is 32.0 Å². The van der Waals surface area contributed by atoms with Crippen LogP contribution in [-0.2, 0) is 11.2 Å². The fourth-order valence-electron chi connectivity index (χ4n) is 3.04. The van der Waals surface area contributed by atoms with Gasteiger partial charge < -0.3 is 9.42 Å². The fourth-order valence-corrected chi connectivity index (χ4v) is 3.04. The van der Waals surface area contributed by atoms with Crippen LogP contribution in [0.3, 0.4) is 0 Å². The number of rotatable bonds is 3. The zero-order valence-electron chi connectivity index (χ0n) is 13.1. The van der Waals surface area contributed by atoms with E-state index in [1.165, 1.54) is 0 Å². The van der Waals surface area contributed by atoms with Crippen LogP contribution in [0.2, 0.25) is 0 Å². The van der Waals surface area contributed by atoms with Gasteiger partial charge in [-0.05, 0) is 31.2 Å². The van der Waals surface area contributed by atoms with E-state index in [0.29, 0.717) is 17.6 Å². The second kappa shape index (κ2) is 6.30. The average molecular weight is 299 g/mol. The topological polar surface area (TPSA) is 59.2 Å². The van der Waals surface area contributed by atoms with Crippen molar-refractivity contribution in [3.8, 4) is 11.4 Å². The molecule has 1 atom stereocenters.